The van der Waals surface area contributed by atoms with Crippen molar-refractivity contribution in [2.75, 3.05) is 0 Å². The zero-order chi connectivity index (χ0) is 59.0. The fourth-order valence-electron chi connectivity index (χ4n) is 15.1. The van der Waals surface area contributed by atoms with Crippen molar-refractivity contribution in [2.24, 2.45) is 0 Å². The summed E-state index contributed by atoms with van der Waals surface area (Å²) in [6.07, 6.45) is 0. The molecule has 6 heterocycles. The van der Waals surface area contributed by atoms with Gasteiger partial charge in [0.25, 0.3) is 0 Å². The van der Waals surface area contributed by atoms with Gasteiger partial charge in [-0.25, -0.2) is 0 Å². The topological polar surface area (TPSA) is 29.6 Å². The molecule has 0 spiro atoms. The Morgan fingerprint density at radius 3 is 0.711 bits per heavy atom. The van der Waals surface area contributed by atoms with E-state index in [0.717, 1.165) is 34.1 Å². The molecule has 0 aliphatic heterocycles. The number of aromatic nitrogens is 6. The molecule has 0 fully saturated rings. The molecule has 90 heavy (non-hydrogen) atoms. The van der Waals surface area contributed by atoms with Crippen molar-refractivity contribution in [1.82, 2.24) is 27.4 Å². The Morgan fingerprint density at radius 2 is 0.367 bits per heavy atom. The molecule has 0 saturated carbocycles. The second-order valence-corrected chi connectivity index (χ2v) is 23.6. The number of hydrogen-bond acceptors (Lipinski definition) is 0. The van der Waals surface area contributed by atoms with Gasteiger partial charge < -0.3 is 27.4 Å². The predicted octanol–water partition coefficient (Wildman–Crippen LogP) is 22.0. The van der Waals surface area contributed by atoms with Crippen molar-refractivity contribution in [3.05, 3.63) is 328 Å². The molecular formula is C84H54N6. The first-order chi connectivity index (χ1) is 44.7. The maximum Gasteiger partial charge on any atom is 0.0784 e. The lowest BCUT2D eigenvalue weighted by Gasteiger charge is -2.17. The minimum Gasteiger partial charge on any atom is -0.309 e. The van der Waals surface area contributed by atoms with Gasteiger partial charge in [0.15, 0.2) is 0 Å². The molecule has 0 unspecified atom stereocenters. The largest absolute Gasteiger partial charge is 0.309 e. The summed E-state index contributed by atoms with van der Waals surface area (Å²) in [6, 6.07) is 119. The van der Waals surface area contributed by atoms with E-state index in [0.29, 0.717) is 0 Å². The van der Waals surface area contributed by atoms with Crippen LogP contribution in [0.5, 0.6) is 0 Å². The summed E-state index contributed by atoms with van der Waals surface area (Å²) in [6.45, 7) is 0. The van der Waals surface area contributed by atoms with Crippen LogP contribution in [0.1, 0.15) is 0 Å². The molecule has 20 rings (SSSR count). The predicted molar refractivity (Wildman–Crippen MR) is 379 cm³/mol. The summed E-state index contributed by atoms with van der Waals surface area (Å²) in [7, 11) is 0. The first-order valence-electron chi connectivity index (χ1n) is 30.9. The van der Waals surface area contributed by atoms with Crippen molar-refractivity contribution in [3.63, 3.8) is 0 Å². The maximum absolute atomic E-state index is 2.47. The lowest BCUT2D eigenvalue weighted by molar-refractivity contribution is 1.11. The Hall–Kier alpha value is -12.1. The number of benzene rings is 14. The van der Waals surface area contributed by atoms with Gasteiger partial charge in [0, 0.05) is 93.1 Å². The molecule has 6 aromatic heterocycles. The van der Waals surface area contributed by atoms with E-state index in [1.807, 2.05) is 0 Å². The maximum atomic E-state index is 2.47. The van der Waals surface area contributed by atoms with E-state index in [1.54, 1.807) is 0 Å². The monoisotopic (exact) mass is 1150 g/mol. The SMILES string of the molecule is c1ccc(-n2c3ccc(-n4c5ccccc5c5ccccc54)cc3c3cc(-n4c5ccccc5c5ccccc54)ccc32)cc1.c1ccc(-n2c3ccccc3c3cc(-n4c5ccccc5c5ccccc54)cc(-n4c5ccccc5c5ccccc54)c32)cc1. The van der Waals surface area contributed by atoms with Crippen molar-refractivity contribution in [3.8, 4) is 34.1 Å². The highest BCUT2D eigenvalue weighted by molar-refractivity contribution is 6.18. The van der Waals surface area contributed by atoms with Crippen LogP contribution in [0.2, 0.25) is 0 Å². The Labute approximate surface area is 517 Å². The van der Waals surface area contributed by atoms with Gasteiger partial charge in [-0.05, 0) is 127 Å². The fraction of sp³-hybridized carbons (Fsp3) is 0. The number of nitrogens with zero attached hydrogens (tertiary/aromatic N) is 6. The summed E-state index contributed by atoms with van der Waals surface area (Å²) in [5.74, 6) is 0. The molecular weight excluding hydrogens is 1090 g/mol. The van der Waals surface area contributed by atoms with Crippen LogP contribution in [0.4, 0.5) is 0 Å². The normalized spacial score (nSPS) is 12.0. The van der Waals surface area contributed by atoms with E-state index >= 15 is 0 Å². The average molecular weight is 1150 g/mol. The molecule has 6 nitrogen and oxygen atoms in total. The number of para-hydroxylation sites is 11. The van der Waals surface area contributed by atoms with Crippen LogP contribution in [0.3, 0.4) is 0 Å². The highest BCUT2D eigenvalue weighted by atomic mass is 15.1. The van der Waals surface area contributed by atoms with Gasteiger partial charge >= 0.3 is 0 Å². The van der Waals surface area contributed by atoms with E-state index in [9.17, 15) is 0 Å². The number of fused-ring (bicyclic) bond motifs is 18. The molecule has 6 heteroatoms. The molecule has 0 atom stereocenters. The zero-order valence-electron chi connectivity index (χ0n) is 48.9. The second-order valence-electron chi connectivity index (χ2n) is 23.6. The quantitative estimate of drug-likeness (QED) is 0.159. The highest BCUT2D eigenvalue weighted by Gasteiger charge is 2.24. The lowest BCUT2D eigenvalue weighted by Crippen LogP contribution is -2.03. The van der Waals surface area contributed by atoms with Gasteiger partial charge in [-0.15, -0.1) is 0 Å². The molecule has 0 bridgehead atoms. The minimum absolute atomic E-state index is 1.15. The molecule has 0 saturated heterocycles. The fourth-order valence-corrected chi connectivity index (χ4v) is 15.1. The van der Waals surface area contributed by atoms with Gasteiger partial charge in [0.1, 0.15) is 0 Å². The van der Waals surface area contributed by atoms with Crippen LogP contribution in [-0.4, -0.2) is 27.4 Å². The first kappa shape index (κ1) is 50.1. The Balaban J connectivity index is 0.000000130. The van der Waals surface area contributed by atoms with E-state index in [1.165, 1.54) is 131 Å². The zero-order valence-corrected chi connectivity index (χ0v) is 48.9. The molecule has 0 aliphatic rings. The van der Waals surface area contributed by atoms with Crippen LogP contribution < -0.4 is 0 Å². The molecule has 0 N–H and O–H groups in total. The van der Waals surface area contributed by atoms with E-state index in [4.69, 9.17) is 0 Å². The third kappa shape index (κ3) is 7.33. The van der Waals surface area contributed by atoms with Crippen LogP contribution in [-0.2, 0) is 0 Å². The highest BCUT2D eigenvalue weighted by Crippen LogP contribution is 2.44. The first-order valence-corrected chi connectivity index (χ1v) is 30.9. The van der Waals surface area contributed by atoms with Crippen LogP contribution in [0, 0.1) is 0 Å². The summed E-state index contributed by atoms with van der Waals surface area (Å²) in [4.78, 5) is 0. The minimum atomic E-state index is 1.15. The molecule has 0 radical (unpaired) electrons. The summed E-state index contributed by atoms with van der Waals surface area (Å²) in [5, 5.41) is 15.1. The van der Waals surface area contributed by atoms with Crippen molar-refractivity contribution >= 4 is 131 Å². The third-order valence-corrected chi connectivity index (χ3v) is 18.8. The number of rotatable bonds is 6. The van der Waals surface area contributed by atoms with Gasteiger partial charge in [-0.1, -0.05) is 200 Å². The Bertz CT molecular complexity index is 5900. The van der Waals surface area contributed by atoms with E-state index < -0.39 is 0 Å². The van der Waals surface area contributed by atoms with E-state index in [-0.39, 0.29) is 0 Å². The van der Waals surface area contributed by atoms with Gasteiger partial charge in [0.05, 0.1) is 71.9 Å². The van der Waals surface area contributed by atoms with Gasteiger partial charge in [-0.2, -0.15) is 0 Å². The van der Waals surface area contributed by atoms with Crippen molar-refractivity contribution in [2.45, 2.75) is 0 Å². The summed E-state index contributed by atoms with van der Waals surface area (Å²) < 4.78 is 14.6. The van der Waals surface area contributed by atoms with Gasteiger partial charge in [-0.3, -0.25) is 0 Å². The summed E-state index contributed by atoms with van der Waals surface area (Å²) in [5.41, 5.74) is 21.4. The van der Waals surface area contributed by atoms with Crippen molar-refractivity contribution < 1.29 is 0 Å². The van der Waals surface area contributed by atoms with E-state index in [2.05, 4.69) is 355 Å². The summed E-state index contributed by atoms with van der Waals surface area (Å²) >= 11 is 0. The molecule has 0 amide bonds. The second kappa shape index (κ2) is 19.7. The van der Waals surface area contributed by atoms with Crippen LogP contribution in [0.15, 0.2) is 328 Å². The van der Waals surface area contributed by atoms with Crippen LogP contribution in [0.25, 0.3) is 165 Å². The standard InChI is InChI=1S/2C42H27N3/c1-2-14-28(15-3-1)44-38-23-11-8-20-34(38)35-26-29(43-36-21-9-4-16-30(36)31-17-5-10-22-37(31)43)27-41(42(35)44)45-39-24-12-6-18-32(39)33-19-7-13-25-40(33)45;1-2-12-28(13-3-1)43-41-24-22-29(44-37-18-8-4-14-31(37)32-15-5-9-19-38(32)44)26-35(41)36-27-30(23-25-42(36)43)45-39-20-10-6-16-33(39)34-17-7-11-21-40(34)45/h2*1-27H. The average Bonchev–Trinajstić information content (AvgIpc) is 1.59. The van der Waals surface area contributed by atoms with Gasteiger partial charge in [0.2, 0.25) is 0 Å². The molecule has 20 aromatic rings. The Kier molecular flexibility index (Phi) is 11.0. The van der Waals surface area contributed by atoms with Crippen LogP contribution >= 0.6 is 0 Å². The smallest absolute Gasteiger partial charge is 0.0784 e. The third-order valence-electron chi connectivity index (χ3n) is 18.8. The molecule has 420 valence electrons. The number of hydrogen-bond donors (Lipinski definition) is 0. The Morgan fingerprint density at radius 1 is 0.133 bits per heavy atom. The molecule has 14 aromatic carbocycles. The lowest BCUT2D eigenvalue weighted by atomic mass is 10.1. The van der Waals surface area contributed by atoms with Crippen molar-refractivity contribution in [1.29, 1.82) is 0 Å². The molecule has 0 aliphatic carbocycles.